The Labute approximate surface area is 159 Å². The Balaban J connectivity index is 1.52. The van der Waals surface area contributed by atoms with Crippen molar-refractivity contribution in [3.63, 3.8) is 0 Å². The van der Waals surface area contributed by atoms with Gasteiger partial charge >= 0.3 is 0 Å². The second kappa shape index (κ2) is 7.58. The third-order valence-corrected chi connectivity index (χ3v) is 4.38. The maximum Gasteiger partial charge on any atom is 0.145 e. The van der Waals surface area contributed by atoms with E-state index in [0.29, 0.717) is 5.92 Å². The highest BCUT2D eigenvalue weighted by Crippen LogP contribution is 2.23. The van der Waals surface area contributed by atoms with E-state index < -0.39 is 0 Å². The van der Waals surface area contributed by atoms with Crippen molar-refractivity contribution in [2.24, 2.45) is 5.92 Å². The molecule has 4 aromatic rings. The molecular formula is C22H23N5. The lowest BCUT2D eigenvalue weighted by atomic mass is 10.1. The van der Waals surface area contributed by atoms with Crippen molar-refractivity contribution in [1.29, 1.82) is 0 Å². The summed E-state index contributed by atoms with van der Waals surface area (Å²) in [6, 6.07) is 16.4. The van der Waals surface area contributed by atoms with Crippen LogP contribution in [0.4, 0.5) is 5.82 Å². The number of fused-ring (bicyclic) bond motifs is 1. The van der Waals surface area contributed by atoms with E-state index in [-0.39, 0.29) is 0 Å². The predicted octanol–water partition coefficient (Wildman–Crippen LogP) is 4.76. The van der Waals surface area contributed by atoms with Crippen LogP contribution in [0.5, 0.6) is 0 Å². The molecule has 0 unspecified atom stereocenters. The first-order valence-corrected chi connectivity index (χ1v) is 9.25. The highest BCUT2D eigenvalue weighted by Gasteiger charge is 2.06. The molecule has 0 amide bonds. The zero-order chi connectivity index (χ0) is 18.6. The maximum atomic E-state index is 4.68. The molecule has 0 bridgehead atoms. The van der Waals surface area contributed by atoms with Gasteiger partial charge in [0.25, 0.3) is 0 Å². The molecule has 27 heavy (non-hydrogen) atoms. The third kappa shape index (κ3) is 4.14. The first kappa shape index (κ1) is 17.2. The molecule has 4 rings (SSSR count). The standard InChI is InChI=1S/C22H23N5/c1-16(2)14-27-15-19(12-25-27)18-8-9-20-21(10-18)23-13-22(26-20)24-11-17-6-4-3-5-7-17/h3-10,12-13,15-16H,11,14H2,1-2H3,(H,24,26). The smallest absolute Gasteiger partial charge is 0.145 e. The Kier molecular flexibility index (Phi) is 4.83. The van der Waals surface area contributed by atoms with Gasteiger partial charge in [-0.05, 0) is 29.2 Å². The molecule has 0 aliphatic heterocycles. The SMILES string of the molecule is CC(C)Cn1cc(-c2ccc3nc(NCc4ccccc4)cnc3c2)cn1. The summed E-state index contributed by atoms with van der Waals surface area (Å²) in [4.78, 5) is 9.26. The van der Waals surface area contributed by atoms with E-state index in [4.69, 9.17) is 0 Å². The van der Waals surface area contributed by atoms with Crippen molar-refractivity contribution in [2.45, 2.75) is 26.9 Å². The van der Waals surface area contributed by atoms with E-state index in [0.717, 1.165) is 41.1 Å². The summed E-state index contributed by atoms with van der Waals surface area (Å²) in [7, 11) is 0. The maximum absolute atomic E-state index is 4.68. The lowest BCUT2D eigenvalue weighted by molar-refractivity contribution is 0.483. The number of aromatic nitrogens is 4. The highest BCUT2D eigenvalue weighted by atomic mass is 15.3. The highest BCUT2D eigenvalue weighted by molar-refractivity contribution is 5.81. The summed E-state index contributed by atoms with van der Waals surface area (Å²) in [5.41, 5.74) is 5.19. The minimum atomic E-state index is 0.571. The Hall–Kier alpha value is -3.21. The van der Waals surface area contributed by atoms with Crippen molar-refractivity contribution in [1.82, 2.24) is 19.7 Å². The van der Waals surface area contributed by atoms with Crippen LogP contribution >= 0.6 is 0 Å². The molecule has 5 heteroatoms. The number of hydrogen-bond donors (Lipinski definition) is 1. The molecule has 2 heterocycles. The number of anilines is 1. The van der Waals surface area contributed by atoms with Crippen molar-refractivity contribution in [3.05, 3.63) is 72.7 Å². The zero-order valence-corrected chi connectivity index (χ0v) is 15.6. The normalized spacial score (nSPS) is 11.2. The molecule has 0 aliphatic carbocycles. The molecule has 0 spiro atoms. The Bertz CT molecular complexity index is 1040. The third-order valence-electron chi connectivity index (χ3n) is 4.38. The van der Waals surface area contributed by atoms with Gasteiger partial charge in [0.15, 0.2) is 0 Å². The summed E-state index contributed by atoms with van der Waals surface area (Å²) in [6.07, 6.45) is 5.79. The fourth-order valence-corrected chi connectivity index (χ4v) is 3.05. The van der Waals surface area contributed by atoms with Crippen LogP contribution in [0.1, 0.15) is 19.4 Å². The van der Waals surface area contributed by atoms with Crippen LogP contribution in [0.15, 0.2) is 67.1 Å². The zero-order valence-electron chi connectivity index (χ0n) is 15.6. The fraction of sp³-hybridized carbons (Fsp3) is 0.227. The van der Waals surface area contributed by atoms with Crippen molar-refractivity contribution >= 4 is 16.9 Å². The van der Waals surface area contributed by atoms with E-state index in [1.807, 2.05) is 35.1 Å². The summed E-state index contributed by atoms with van der Waals surface area (Å²) in [6.45, 7) is 6.03. The molecule has 2 aromatic heterocycles. The van der Waals surface area contributed by atoms with Crippen LogP contribution in [0, 0.1) is 5.92 Å². The lowest BCUT2D eigenvalue weighted by Gasteiger charge is -2.07. The van der Waals surface area contributed by atoms with Gasteiger partial charge in [0.2, 0.25) is 0 Å². The van der Waals surface area contributed by atoms with E-state index in [2.05, 4.69) is 64.7 Å². The summed E-state index contributed by atoms with van der Waals surface area (Å²) < 4.78 is 1.99. The average molecular weight is 357 g/mol. The molecule has 0 fully saturated rings. The van der Waals surface area contributed by atoms with E-state index in [1.165, 1.54) is 5.56 Å². The van der Waals surface area contributed by atoms with Gasteiger partial charge in [0, 0.05) is 24.8 Å². The lowest BCUT2D eigenvalue weighted by Crippen LogP contribution is -2.03. The van der Waals surface area contributed by atoms with Gasteiger partial charge < -0.3 is 5.32 Å². The first-order chi connectivity index (χ1) is 13.2. The van der Waals surface area contributed by atoms with Gasteiger partial charge in [-0.1, -0.05) is 50.2 Å². The van der Waals surface area contributed by atoms with Gasteiger partial charge in [0.1, 0.15) is 5.82 Å². The Morgan fingerprint density at radius 3 is 2.63 bits per heavy atom. The van der Waals surface area contributed by atoms with Crippen LogP contribution in [-0.4, -0.2) is 19.7 Å². The largest absolute Gasteiger partial charge is 0.365 e. The van der Waals surface area contributed by atoms with Crippen LogP contribution in [0.2, 0.25) is 0 Å². The van der Waals surface area contributed by atoms with Gasteiger partial charge in [-0.15, -0.1) is 0 Å². The van der Waals surface area contributed by atoms with Gasteiger partial charge in [-0.25, -0.2) is 4.98 Å². The molecule has 5 nitrogen and oxygen atoms in total. The second-order valence-corrected chi connectivity index (χ2v) is 7.14. The van der Waals surface area contributed by atoms with E-state index in [1.54, 1.807) is 6.20 Å². The minimum absolute atomic E-state index is 0.571. The summed E-state index contributed by atoms with van der Waals surface area (Å²) in [5.74, 6) is 1.35. The molecule has 0 aliphatic rings. The second-order valence-electron chi connectivity index (χ2n) is 7.14. The average Bonchev–Trinajstić information content (AvgIpc) is 3.14. The quantitative estimate of drug-likeness (QED) is 0.540. The fourth-order valence-electron chi connectivity index (χ4n) is 3.05. The molecular weight excluding hydrogens is 334 g/mol. The van der Waals surface area contributed by atoms with Crippen molar-refractivity contribution in [2.75, 3.05) is 5.32 Å². The molecule has 0 saturated carbocycles. The topological polar surface area (TPSA) is 55.6 Å². The monoisotopic (exact) mass is 357 g/mol. The molecule has 0 atom stereocenters. The number of rotatable bonds is 6. The summed E-state index contributed by atoms with van der Waals surface area (Å²) in [5, 5.41) is 7.78. The van der Waals surface area contributed by atoms with Crippen LogP contribution in [-0.2, 0) is 13.1 Å². The van der Waals surface area contributed by atoms with E-state index in [9.17, 15) is 0 Å². The van der Waals surface area contributed by atoms with Crippen LogP contribution < -0.4 is 5.32 Å². The van der Waals surface area contributed by atoms with E-state index >= 15 is 0 Å². The number of benzene rings is 2. The number of hydrogen-bond acceptors (Lipinski definition) is 4. The van der Waals surface area contributed by atoms with Gasteiger partial charge in [0.05, 0.1) is 23.4 Å². The predicted molar refractivity (Wildman–Crippen MR) is 109 cm³/mol. The molecule has 136 valence electrons. The molecule has 0 radical (unpaired) electrons. The number of nitrogens with one attached hydrogen (secondary N) is 1. The molecule has 2 aromatic carbocycles. The minimum Gasteiger partial charge on any atom is -0.365 e. The molecule has 0 saturated heterocycles. The van der Waals surface area contributed by atoms with Crippen molar-refractivity contribution in [3.8, 4) is 11.1 Å². The number of nitrogens with zero attached hydrogens (tertiary/aromatic N) is 4. The van der Waals surface area contributed by atoms with Gasteiger partial charge in [-0.2, -0.15) is 5.10 Å². The Morgan fingerprint density at radius 2 is 1.81 bits per heavy atom. The van der Waals surface area contributed by atoms with Gasteiger partial charge in [-0.3, -0.25) is 9.67 Å². The van der Waals surface area contributed by atoms with Crippen LogP contribution in [0.25, 0.3) is 22.2 Å². The summed E-state index contributed by atoms with van der Waals surface area (Å²) >= 11 is 0. The van der Waals surface area contributed by atoms with Crippen molar-refractivity contribution < 1.29 is 0 Å². The Morgan fingerprint density at radius 1 is 0.963 bits per heavy atom. The van der Waals surface area contributed by atoms with Crippen LogP contribution in [0.3, 0.4) is 0 Å². The first-order valence-electron chi connectivity index (χ1n) is 9.25. The molecule has 1 N–H and O–H groups in total.